The number of hydrogen-bond donors (Lipinski definition) is 1. The van der Waals surface area contributed by atoms with Crippen LogP contribution in [0.3, 0.4) is 0 Å². The molecule has 1 saturated heterocycles. The second-order valence-corrected chi connectivity index (χ2v) is 10.3. The molecular weight excluding hydrogens is 545 g/mol. The van der Waals surface area contributed by atoms with Gasteiger partial charge in [0, 0.05) is 49.0 Å². The number of aromatic nitrogens is 2. The Bertz CT molecular complexity index is 997. The number of nitrogens with two attached hydrogens (primary N) is 1. The molecule has 7 nitrogen and oxygen atoms in total. The molecule has 1 fully saturated rings. The number of allylic oxidation sites excluding steroid dienone is 6. The standard InChI is InChI=1S/C28H42BrFN6.CH5N/c1-8-22(6)15-34-17-25(18-34)36(21(4)5)16-23(11-12-26(29)24(9-2)14-30)13-27-28(32-20-31-7)19-35(10-3)33-27;1-2/h11-12,16,19-20,22,25H,4,7-10,13-15,17-18H2,1-3,5-6H3;2H2,1H3/b12-11+,23-16+,26-24-,32-20?;. The second kappa shape index (κ2) is 18.0. The number of hydrogen-bond acceptors (Lipinski definition) is 5. The Balaban J connectivity index is 0.00000352. The molecule has 2 heterocycles. The summed E-state index contributed by atoms with van der Waals surface area (Å²) in [6, 6.07) is 0.377. The molecule has 0 radical (unpaired) electrons. The van der Waals surface area contributed by atoms with Gasteiger partial charge >= 0.3 is 0 Å². The number of aliphatic imine (C=N–C) groups is 2. The quantitative estimate of drug-likeness (QED) is 0.145. The molecule has 38 heavy (non-hydrogen) atoms. The van der Waals surface area contributed by atoms with Crippen molar-refractivity contribution < 1.29 is 4.39 Å². The maximum absolute atomic E-state index is 13.4. The lowest BCUT2D eigenvalue weighted by Gasteiger charge is -2.46. The van der Waals surface area contributed by atoms with Crippen molar-refractivity contribution in [2.75, 3.05) is 33.4 Å². The van der Waals surface area contributed by atoms with Gasteiger partial charge in [0.25, 0.3) is 0 Å². The molecule has 2 rings (SSSR count). The Morgan fingerprint density at radius 2 is 2.00 bits per heavy atom. The van der Waals surface area contributed by atoms with Crippen molar-refractivity contribution in [1.29, 1.82) is 0 Å². The first-order valence-electron chi connectivity index (χ1n) is 13.4. The highest BCUT2D eigenvalue weighted by atomic mass is 79.9. The summed E-state index contributed by atoms with van der Waals surface area (Å²) in [5.74, 6) is 0.698. The largest absolute Gasteiger partial charge is 0.346 e. The average Bonchev–Trinajstić information content (AvgIpc) is 3.29. The van der Waals surface area contributed by atoms with Crippen molar-refractivity contribution in [3.63, 3.8) is 0 Å². The van der Waals surface area contributed by atoms with Crippen molar-refractivity contribution >= 4 is 34.7 Å². The normalized spacial score (nSPS) is 16.2. The van der Waals surface area contributed by atoms with Crippen LogP contribution in [0.2, 0.25) is 0 Å². The molecule has 0 saturated carbocycles. The van der Waals surface area contributed by atoms with Crippen molar-refractivity contribution in [2.24, 2.45) is 21.6 Å². The van der Waals surface area contributed by atoms with Crippen LogP contribution in [0.25, 0.3) is 0 Å². The first-order chi connectivity index (χ1) is 18.3. The van der Waals surface area contributed by atoms with Crippen LogP contribution in [0.4, 0.5) is 10.1 Å². The highest BCUT2D eigenvalue weighted by Crippen LogP contribution is 2.26. The summed E-state index contributed by atoms with van der Waals surface area (Å²) in [5.41, 5.74) is 8.88. The van der Waals surface area contributed by atoms with E-state index in [0.717, 1.165) is 58.9 Å². The van der Waals surface area contributed by atoms with E-state index in [2.05, 4.69) is 74.8 Å². The highest BCUT2D eigenvalue weighted by Gasteiger charge is 2.31. The topological polar surface area (TPSA) is 75.0 Å². The van der Waals surface area contributed by atoms with Crippen molar-refractivity contribution in [3.8, 4) is 0 Å². The van der Waals surface area contributed by atoms with Gasteiger partial charge in [-0.2, -0.15) is 5.10 Å². The minimum atomic E-state index is -0.471. The van der Waals surface area contributed by atoms with Gasteiger partial charge in [0.15, 0.2) is 0 Å². The Morgan fingerprint density at radius 1 is 1.32 bits per heavy atom. The van der Waals surface area contributed by atoms with Crippen molar-refractivity contribution in [2.45, 2.75) is 66.5 Å². The van der Waals surface area contributed by atoms with Gasteiger partial charge in [0.2, 0.25) is 0 Å². The van der Waals surface area contributed by atoms with Gasteiger partial charge in [-0.15, -0.1) is 0 Å². The van der Waals surface area contributed by atoms with Crippen LogP contribution in [0.1, 0.15) is 53.2 Å². The minimum Gasteiger partial charge on any atom is -0.346 e. The molecule has 0 spiro atoms. The third kappa shape index (κ3) is 10.4. The number of likely N-dealkylation sites (tertiary alicyclic amines) is 1. The predicted molar refractivity (Wildman–Crippen MR) is 165 cm³/mol. The lowest BCUT2D eigenvalue weighted by atomic mass is 10.0. The van der Waals surface area contributed by atoms with Crippen LogP contribution in [0.15, 0.2) is 62.4 Å². The van der Waals surface area contributed by atoms with E-state index < -0.39 is 6.67 Å². The zero-order chi connectivity index (χ0) is 28.7. The van der Waals surface area contributed by atoms with E-state index in [1.54, 1.807) is 0 Å². The molecule has 212 valence electrons. The smallest absolute Gasteiger partial charge is 0.115 e. The predicted octanol–water partition coefficient (Wildman–Crippen LogP) is 6.42. The third-order valence-electron chi connectivity index (χ3n) is 6.50. The number of alkyl halides is 1. The maximum Gasteiger partial charge on any atom is 0.115 e. The van der Waals surface area contributed by atoms with Gasteiger partial charge < -0.3 is 10.6 Å². The van der Waals surface area contributed by atoms with E-state index in [4.69, 9.17) is 5.10 Å². The monoisotopic (exact) mass is 591 g/mol. The van der Waals surface area contributed by atoms with E-state index in [9.17, 15) is 4.39 Å². The number of rotatable bonds is 15. The van der Waals surface area contributed by atoms with E-state index in [1.807, 2.05) is 43.8 Å². The lowest BCUT2D eigenvalue weighted by Crippen LogP contribution is -2.58. The fourth-order valence-corrected chi connectivity index (χ4v) is 4.58. The summed E-state index contributed by atoms with van der Waals surface area (Å²) in [6.45, 7) is 21.8. The summed E-state index contributed by atoms with van der Waals surface area (Å²) < 4.78 is 16.1. The van der Waals surface area contributed by atoms with Crippen LogP contribution in [-0.4, -0.2) is 72.0 Å². The van der Waals surface area contributed by atoms with Crippen LogP contribution in [0.5, 0.6) is 0 Å². The Kier molecular flexibility index (Phi) is 16.0. The molecular formula is C29H47BrFN7. The summed E-state index contributed by atoms with van der Waals surface area (Å²) in [6.07, 6.45) is 11.9. The van der Waals surface area contributed by atoms with Crippen LogP contribution >= 0.6 is 15.9 Å². The zero-order valence-electron chi connectivity index (χ0n) is 24.1. The molecule has 1 aliphatic rings. The first-order valence-corrected chi connectivity index (χ1v) is 14.2. The third-order valence-corrected chi connectivity index (χ3v) is 7.33. The number of nitrogens with zero attached hydrogens (tertiary/aromatic N) is 6. The molecule has 0 amide bonds. The summed E-state index contributed by atoms with van der Waals surface area (Å²) in [4.78, 5) is 12.9. The summed E-state index contributed by atoms with van der Waals surface area (Å²) in [5, 5.41) is 4.73. The first kappa shape index (κ1) is 33.7. The van der Waals surface area contributed by atoms with E-state index in [-0.39, 0.29) is 0 Å². The molecule has 1 aromatic heterocycles. The molecule has 2 N–H and O–H groups in total. The van der Waals surface area contributed by atoms with Gasteiger partial charge in [0.05, 0.1) is 17.9 Å². The van der Waals surface area contributed by atoms with Gasteiger partial charge in [-0.1, -0.05) is 55.8 Å². The minimum absolute atomic E-state index is 0.377. The van der Waals surface area contributed by atoms with Crippen molar-refractivity contribution in [3.05, 3.63) is 58.1 Å². The van der Waals surface area contributed by atoms with Crippen LogP contribution < -0.4 is 5.73 Å². The Morgan fingerprint density at radius 3 is 2.53 bits per heavy atom. The summed E-state index contributed by atoms with van der Waals surface area (Å²) in [7, 11) is 1.50. The maximum atomic E-state index is 13.4. The molecule has 1 atom stereocenters. The highest BCUT2D eigenvalue weighted by molar-refractivity contribution is 9.11. The lowest BCUT2D eigenvalue weighted by molar-refractivity contribution is 0.0645. The average molecular weight is 593 g/mol. The van der Waals surface area contributed by atoms with E-state index >= 15 is 0 Å². The molecule has 1 aliphatic heterocycles. The molecule has 0 aromatic carbocycles. The SMILES string of the molecule is C=NC=Nc1cn(CC)nc1CC(=C/N(C(=C)C)C1CN(CC(C)CC)C1)/C=C/C(Br)=C(\CC)CF.CN. The summed E-state index contributed by atoms with van der Waals surface area (Å²) >= 11 is 3.55. The van der Waals surface area contributed by atoms with Gasteiger partial charge in [0.1, 0.15) is 18.7 Å². The zero-order valence-corrected chi connectivity index (χ0v) is 25.7. The van der Waals surface area contributed by atoms with Gasteiger partial charge in [-0.05, 0) is 57.2 Å². The number of halogens is 2. The second-order valence-electron chi connectivity index (χ2n) is 9.43. The van der Waals surface area contributed by atoms with Crippen molar-refractivity contribution in [1.82, 2.24) is 19.6 Å². The molecule has 0 aliphatic carbocycles. The van der Waals surface area contributed by atoms with Gasteiger partial charge in [-0.3, -0.25) is 14.6 Å². The molecule has 9 heteroatoms. The van der Waals surface area contributed by atoms with Crippen LogP contribution in [-0.2, 0) is 13.0 Å². The van der Waals surface area contributed by atoms with Crippen LogP contribution in [0, 0.1) is 5.92 Å². The number of aryl methyl sites for hydroxylation is 1. The van der Waals surface area contributed by atoms with Gasteiger partial charge in [-0.25, -0.2) is 9.38 Å². The Hall–Kier alpha value is -2.36. The molecule has 1 aromatic rings. The van der Waals surface area contributed by atoms with E-state index in [1.165, 1.54) is 19.8 Å². The Labute approximate surface area is 237 Å². The molecule has 1 unspecified atom stereocenters. The molecule has 0 bridgehead atoms. The van der Waals surface area contributed by atoms with E-state index in [0.29, 0.717) is 24.8 Å². The fraction of sp³-hybridized carbons (Fsp3) is 0.552. The fourth-order valence-electron chi connectivity index (χ4n) is 4.06.